The summed E-state index contributed by atoms with van der Waals surface area (Å²) < 4.78 is 33.0. The Hall–Kier alpha value is -3.57. The molecule has 1 aliphatic rings. The van der Waals surface area contributed by atoms with E-state index in [1.165, 1.54) is 25.6 Å². The Labute approximate surface area is 169 Å². The van der Waals surface area contributed by atoms with Crippen LogP contribution in [0.4, 0.5) is 20.3 Å². The van der Waals surface area contributed by atoms with Crippen LogP contribution in [0, 0.1) is 11.6 Å². The van der Waals surface area contributed by atoms with Gasteiger partial charge in [-0.1, -0.05) is 6.07 Å². The van der Waals surface area contributed by atoms with Crippen molar-refractivity contribution in [2.24, 2.45) is 0 Å². The van der Waals surface area contributed by atoms with Crippen LogP contribution in [0.5, 0.6) is 0 Å². The van der Waals surface area contributed by atoms with Gasteiger partial charge in [0.25, 0.3) is 0 Å². The van der Waals surface area contributed by atoms with Crippen molar-refractivity contribution in [2.45, 2.75) is 19.2 Å². The molecule has 1 aliphatic heterocycles. The number of fused-ring (bicyclic) bond motifs is 1. The molecule has 0 fully saturated rings. The van der Waals surface area contributed by atoms with E-state index < -0.39 is 23.8 Å². The number of esters is 1. The number of ether oxygens (including phenoxy) is 1. The number of hydrogen-bond acceptors (Lipinski definition) is 9. The molecule has 0 saturated heterocycles. The summed E-state index contributed by atoms with van der Waals surface area (Å²) in [6.07, 6.45) is 1.69. The first-order chi connectivity index (χ1) is 14.5. The average molecular weight is 414 g/mol. The van der Waals surface area contributed by atoms with Gasteiger partial charge in [0, 0.05) is 6.54 Å². The van der Waals surface area contributed by atoms with E-state index >= 15 is 0 Å². The molecular weight excluding hydrogens is 398 g/mol. The molecule has 0 spiro atoms. The molecule has 2 aromatic heterocycles. The van der Waals surface area contributed by atoms with Crippen LogP contribution in [0.15, 0.2) is 30.6 Å². The first-order valence-corrected chi connectivity index (χ1v) is 8.87. The van der Waals surface area contributed by atoms with Gasteiger partial charge in [-0.25, -0.2) is 28.7 Å². The van der Waals surface area contributed by atoms with E-state index in [0.717, 1.165) is 12.1 Å². The lowest BCUT2D eigenvalue weighted by molar-refractivity contribution is -0.139. The number of halogens is 2. The summed E-state index contributed by atoms with van der Waals surface area (Å²) in [5.41, 5.74) is 0.785. The summed E-state index contributed by atoms with van der Waals surface area (Å²) in [5, 5.41) is 16.0. The minimum Gasteiger partial charge on any atom is -0.469 e. The van der Waals surface area contributed by atoms with Gasteiger partial charge in [0.1, 0.15) is 35.9 Å². The number of nitrogens with zero attached hydrogens (tertiary/aromatic N) is 4. The molecule has 1 unspecified atom stereocenters. The van der Waals surface area contributed by atoms with E-state index in [0.29, 0.717) is 16.9 Å². The van der Waals surface area contributed by atoms with Gasteiger partial charge in [0.15, 0.2) is 5.82 Å². The Morgan fingerprint density at radius 2 is 1.97 bits per heavy atom. The lowest BCUT2D eigenvalue weighted by Crippen LogP contribution is -2.12. The molecule has 1 aromatic carbocycles. The van der Waals surface area contributed by atoms with E-state index in [2.05, 4.69) is 35.3 Å². The molecule has 1 atom stereocenters. The highest BCUT2D eigenvalue weighted by Gasteiger charge is 2.28. The maximum Gasteiger partial charge on any atom is 0.313 e. The summed E-state index contributed by atoms with van der Waals surface area (Å²) in [6.45, 7) is 0.200. The van der Waals surface area contributed by atoms with Crippen molar-refractivity contribution in [1.82, 2.24) is 25.3 Å². The van der Waals surface area contributed by atoms with E-state index in [9.17, 15) is 18.7 Å². The van der Waals surface area contributed by atoms with Gasteiger partial charge < -0.3 is 15.2 Å². The normalized spacial score (nSPS) is 15.0. The average Bonchev–Trinajstić information content (AvgIpc) is 3.10. The van der Waals surface area contributed by atoms with Crippen LogP contribution >= 0.6 is 0 Å². The Bertz CT molecular complexity index is 1090. The number of aromatic nitrogens is 4. The third-order valence-electron chi connectivity index (χ3n) is 4.45. The SMILES string of the molecule is COC(=O)Cc1ncc(Nc2nc(-c3c(F)cccc3F)nc3c2C(O)NC3)cn1. The number of benzene rings is 1. The third kappa shape index (κ3) is 3.80. The minimum absolute atomic E-state index is 0.0843. The van der Waals surface area contributed by atoms with Gasteiger partial charge in [0.05, 0.1) is 42.0 Å². The molecule has 9 nitrogen and oxygen atoms in total. The Balaban J connectivity index is 1.71. The number of anilines is 2. The summed E-state index contributed by atoms with van der Waals surface area (Å²) in [7, 11) is 1.27. The highest BCUT2D eigenvalue weighted by atomic mass is 19.1. The Kier molecular flexibility index (Phi) is 5.29. The quantitative estimate of drug-likeness (QED) is 0.536. The first kappa shape index (κ1) is 19.7. The second kappa shape index (κ2) is 8.05. The molecule has 3 N–H and O–H groups in total. The molecule has 0 amide bonds. The van der Waals surface area contributed by atoms with Crippen LogP contribution < -0.4 is 10.6 Å². The van der Waals surface area contributed by atoms with Crippen molar-refractivity contribution < 1.29 is 23.4 Å². The Morgan fingerprint density at radius 3 is 2.63 bits per heavy atom. The van der Waals surface area contributed by atoms with Gasteiger partial charge in [-0.15, -0.1) is 0 Å². The second-order valence-corrected chi connectivity index (χ2v) is 6.40. The predicted molar refractivity (Wildman–Crippen MR) is 100 cm³/mol. The maximum absolute atomic E-state index is 14.2. The number of rotatable bonds is 5. The number of nitrogens with one attached hydrogen (secondary N) is 2. The van der Waals surface area contributed by atoms with Gasteiger partial charge in [-0.3, -0.25) is 10.1 Å². The highest BCUT2D eigenvalue weighted by molar-refractivity contribution is 5.71. The molecule has 11 heteroatoms. The molecule has 30 heavy (non-hydrogen) atoms. The van der Waals surface area contributed by atoms with Gasteiger partial charge in [-0.2, -0.15) is 0 Å². The van der Waals surface area contributed by atoms with E-state index in [4.69, 9.17) is 0 Å². The highest BCUT2D eigenvalue weighted by Crippen LogP contribution is 2.33. The number of aliphatic hydroxyl groups is 1. The maximum atomic E-state index is 14.2. The standard InChI is InChI=1S/C19H16F2N6O3/c1-30-14(28)5-13-22-6-9(7-23-13)25-18-16-12(8-24-19(16)29)26-17(27-18)15-10(20)3-2-4-11(15)21/h2-4,6-7,19,24,29H,5,8H2,1H3,(H,25,26,27). The summed E-state index contributed by atoms with van der Waals surface area (Å²) in [5.74, 6) is -1.83. The van der Waals surface area contributed by atoms with Gasteiger partial charge in [-0.05, 0) is 12.1 Å². The fourth-order valence-corrected chi connectivity index (χ4v) is 3.00. The van der Waals surface area contributed by atoms with Crippen molar-refractivity contribution in [3.8, 4) is 11.4 Å². The zero-order valence-electron chi connectivity index (χ0n) is 15.7. The van der Waals surface area contributed by atoms with Crippen LogP contribution in [0.25, 0.3) is 11.4 Å². The molecule has 154 valence electrons. The van der Waals surface area contributed by atoms with Crippen LogP contribution in [0.2, 0.25) is 0 Å². The molecule has 0 aliphatic carbocycles. The zero-order chi connectivity index (χ0) is 21.3. The monoisotopic (exact) mass is 414 g/mol. The van der Waals surface area contributed by atoms with E-state index in [1.807, 2.05) is 0 Å². The van der Waals surface area contributed by atoms with Crippen molar-refractivity contribution in [3.63, 3.8) is 0 Å². The van der Waals surface area contributed by atoms with E-state index in [-0.39, 0.29) is 36.0 Å². The first-order valence-electron chi connectivity index (χ1n) is 8.87. The summed E-state index contributed by atoms with van der Waals surface area (Å²) in [6, 6.07) is 3.48. The number of aliphatic hydroxyl groups excluding tert-OH is 1. The number of carbonyl (C=O) groups is 1. The lowest BCUT2D eigenvalue weighted by Gasteiger charge is -2.14. The molecule has 4 rings (SSSR count). The van der Waals surface area contributed by atoms with Gasteiger partial charge >= 0.3 is 5.97 Å². The van der Waals surface area contributed by atoms with Crippen LogP contribution in [0.3, 0.4) is 0 Å². The summed E-state index contributed by atoms with van der Waals surface area (Å²) in [4.78, 5) is 27.9. The molecule has 0 radical (unpaired) electrons. The van der Waals surface area contributed by atoms with Gasteiger partial charge in [0.2, 0.25) is 0 Å². The Morgan fingerprint density at radius 1 is 1.27 bits per heavy atom. The van der Waals surface area contributed by atoms with Crippen molar-refractivity contribution in [1.29, 1.82) is 0 Å². The van der Waals surface area contributed by atoms with Crippen LogP contribution in [-0.4, -0.2) is 38.1 Å². The number of hydrogen-bond donors (Lipinski definition) is 3. The smallest absolute Gasteiger partial charge is 0.313 e. The fraction of sp³-hybridized carbons (Fsp3) is 0.211. The predicted octanol–water partition coefficient (Wildman–Crippen LogP) is 1.76. The molecule has 3 heterocycles. The molecular formula is C19H16F2N6O3. The third-order valence-corrected chi connectivity index (χ3v) is 4.45. The molecule has 0 bridgehead atoms. The number of carbonyl (C=O) groups excluding carboxylic acids is 1. The summed E-state index contributed by atoms with van der Waals surface area (Å²) >= 11 is 0. The van der Waals surface area contributed by atoms with Crippen molar-refractivity contribution >= 4 is 17.5 Å². The molecule has 3 aromatic rings. The topological polar surface area (TPSA) is 122 Å². The second-order valence-electron chi connectivity index (χ2n) is 6.40. The van der Waals surface area contributed by atoms with Crippen LogP contribution in [0.1, 0.15) is 23.3 Å². The largest absolute Gasteiger partial charge is 0.469 e. The van der Waals surface area contributed by atoms with Crippen molar-refractivity contribution in [2.75, 3.05) is 12.4 Å². The minimum atomic E-state index is -1.05. The van der Waals surface area contributed by atoms with Crippen LogP contribution in [-0.2, 0) is 22.5 Å². The fourth-order valence-electron chi connectivity index (χ4n) is 3.00. The lowest BCUT2D eigenvalue weighted by atomic mass is 10.1. The number of methoxy groups -OCH3 is 1. The molecule has 0 saturated carbocycles. The van der Waals surface area contributed by atoms with Crippen molar-refractivity contribution in [3.05, 3.63) is 59.3 Å². The van der Waals surface area contributed by atoms with E-state index in [1.54, 1.807) is 0 Å². The zero-order valence-corrected chi connectivity index (χ0v) is 15.7.